The predicted molar refractivity (Wildman–Crippen MR) is 210 cm³/mol. The number of phenolic OH excluding ortho intramolecular Hbond substituents is 1. The number of ether oxygens (including phenoxy) is 3. The Bertz CT molecular complexity index is 2090. The van der Waals surface area contributed by atoms with Crippen LogP contribution >= 0.6 is 0 Å². The first-order chi connectivity index (χ1) is 27.0. The molecular formula is C43H55F2N5O6. The number of anilines is 1. The highest BCUT2D eigenvalue weighted by molar-refractivity contribution is 6.01. The van der Waals surface area contributed by atoms with Crippen molar-refractivity contribution >= 4 is 27.5 Å². The molecule has 3 N–H and O–H groups in total. The van der Waals surface area contributed by atoms with E-state index in [2.05, 4.69) is 9.88 Å². The van der Waals surface area contributed by atoms with Gasteiger partial charge >= 0.3 is 6.01 Å². The second-order valence-electron chi connectivity index (χ2n) is 16.9. The van der Waals surface area contributed by atoms with Crippen LogP contribution in [0.5, 0.6) is 11.8 Å². The molecule has 5 heterocycles. The molecule has 4 unspecified atom stereocenters. The third kappa shape index (κ3) is 6.86. The monoisotopic (exact) mass is 775 g/mol. The smallest absolute Gasteiger partial charge is 0.319 e. The maximum absolute atomic E-state index is 17.2. The van der Waals surface area contributed by atoms with Gasteiger partial charge in [0.1, 0.15) is 34.2 Å². The molecule has 3 aliphatic heterocycles. The van der Waals surface area contributed by atoms with Crippen molar-refractivity contribution in [1.82, 2.24) is 19.9 Å². The lowest BCUT2D eigenvalue weighted by Gasteiger charge is -2.60. The fourth-order valence-electron chi connectivity index (χ4n) is 10.3. The van der Waals surface area contributed by atoms with Gasteiger partial charge in [-0.3, -0.25) is 9.88 Å². The number of β-amino-alcohol motifs (C(OH)–C–C–N with tert-alkyl or cyclic N) is 1. The fraction of sp³-hybridized carbons (Fsp3) is 0.605. The van der Waals surface area contributed by atoms with E-state index in [1.54, 1.807) is 17.9 Å². The minimum atomic E-state index is -1.30. The number of piperidine rings is 1. The third-order valence-corrected chi connectivity index (χ3v) is 13.0. The van der Waals surface area contributed by atoms with Crippen LogP contribution in [0.1, 0.15) is 78.2 Å². The second kappa shape index (κ2) is 15.2. The van der Waals surface area contributed by atoms with Crippen molar-refractivity contribution in [3.05, 3.63) is 47.7 Å². The summed E-state index contributed by atoms with van der Waals surface area (Å²) < 4.78 is 50.3. The molecule has 0 radical (unpaired) electrons. The highest BCUT2D eigenvalue weighted by atomic mass is 19.1. The Morgan fingerprint density at radius 1 is 1.05 bits per heavy atom. The van der Waals surface area contributed by atoms with Gasteiger partial charge in [0, 0.05) is 41.2 Å². The van der Waals surface area contributed by atoms with Crippen molar-refractivity contribution in [2.24, 2.45) is 10.8 Å². The van der Waals surface area contributed by atoms with Crippen LogP contribution in [0.2, 0.25) is 0 Å². The van der Waals surface area contributed by atoms with E-state index in [0.29, 0.717) is 52.7 Å². The van der Waals surface area contributed by atoms with Gasteiger partial charge < -0.3 is 34.4 Å². The Balaban J connectivity index is 0.00000217. The number of aromatic nitrogens is 3. The molecule has 0 amide bonds. The van der Waals surface area contributed by atoms with E-state index in [-0.39, 0.29) is 65.6 Å². The SMILES string of the molecule is CC.CCc1c(F)ccc2cc(O)cc(-c3ncc4c(N5CC(CO)OCC(C)(O)C5)nc(OCC56CCCC5N(C5CC7(COC7)C5)CCC6)nc4c3F)c12. The Kier molecular flexibility index (Phi) is 10.6. The molecule has 56 heavy (non-hydrogen) atoms. The van der Waals surface area contributed by atoms with Gasteiger partial charge in [0.05, 0.1) is 51.1 Å². The number of benzene rings is 2. The van der Waals surface area contributed by atoms with E-state index in [4.69, 9.17) is 24.2 Å². The highest BCUT2D eigenvalue weighted by Gasteiger charge is 2.56. The average Bonchev–Trinajstić information content (AvgIpc) is 3.52. The lowest BCUT2D eigenvalue weighted by atomic mass is 9.62. The quantitative estimate of drug-likeness (QED) is 0.180. The van der Waals surface area contributed by atoms with Crippen molar-refractivity contribution < 1.29 is 38.3 Å². The van der Waals surface area contributed by atoms with Crippen molar-refractivity contribution in [2.45, 2.75) is 103 Å². The molecule has 11 nitrogen and oxygen atoms in total. The summed E-state index contributed by atoms with van der Waals surface area (Å²) in [5.41, 5.74) is -0.513. The first-order valence-electron chi connectivity index (χ1n) is 20.5. The van der Waals surface area contributed by atoms with Gasteiger partial charge in [0.2, 0.25) is 0 Å². The molecule has 2 aromatic carbocycles. The number of phenols is 1. The molecule has 5 fully saturated rings. The van der Waals surface area contributed by atoms with Crippen molar-refractivity contribution in [3.8, 4) is 23.0 Å². The fourth-order valence-corrected chi connectivity index (χ4v) is 10.3. The Hall–Kier alpha value is -3.75. The van der Waals surface area contributed by atoms with Gasteiger partial charge in [0.25, 0.3) is 0 Å². The van der Waals surface area contributed by atoms with Crippen LogP contribution in [0.4, 0.5) is 14.6 Å². The molecule has 1 spiro atoms. The summed E-state index contributed by atoms with van der Waals surface area (Å²) in [7, 11) is 0. The maximum Gasteiger partial charge on any atom is 0.319 e. The summed E-state index contributed by atoms with van der Waals surface area (Å²) in [6.07, 6.45) is 8.94. The zero-order valence-electron chi connectivity index (χ0n) is 33.0. The van der Waals surface area contributed by atoms with E-state index in [1.807, 2.05) is 20.8 Å². The topological polar surface area (TPSA) is 134 Å². The summed E-state index contributed by atoms with van der Waals surface area (Å²) in [4.78, 5) is 18.7. The minimum absolute atomic E-state index is 0.00565. The molecule has 302 valence electrons. The number of fused-ring (bicyclic) bond motifs is 3. The number of aryl methyl sites for hydroxylation is 1. The first kappa shape index (κ1) is 39.1. The number of aliphatic hydroxyl groups excluding tert-OH is 1. The van der Waals surface area contributed by atoms with Crippen LogP contribution in [0.25, 0.3) is 32.9 Å². The Morgan fingerprint density at radius 2 is 1.84 bits per heavy atom. The van der Waals surface area contributed by atoms with Gasteiger partial charge in [-0.2, -0.15) is 9.97 Å². The minimum Gasteiger partial charge on any atom is -0.508 e. The summed E-state index contributed by atoms with van der Waals surface area (Å²) in [5.74, 6) is -0.999. The molecule has 2 saturated carbocycles. The van der Waals surface area contributed by atoms with Gasteiger partial charge in [-0.25, -0.2) is 8.78 Å². The third-order valence-electron chi connectivity index (χ3n) is 13.0. The van der Waals surface area contributed by atoms with Gasteiger partial charge in [-0.1, -0.05) is 33.3 Å². The van der Waals surface area contributed by atoms with E-state index < -0.39 is 23.3 Å². The van der Waals surface area contributed by atoms with E-state index in [1.165, 1.54) is 37.2 Å². The normalized spacial score (nSPS) is 27.7. The van der Waals surface area contributed by atoms with Crippen LogP contribution in [0.15, 0.2) is 30.5 Å². The molecule has 3 saturated heterocycles. The van der Waals surface area contributed by atoms with E-state index in [9.17, 15) is 15.3 Å². The molecule has 9 rings (SSSR count). The number of hydrogen-bond acceptors (Lipinski definition) is 11. The standard InChI is InChI=1S/C41H49F2N5O6.C2H6/c1-3-28-31(42)8-7-24-12-26(50)13-29(33(24)28)35-34(43)36-30(16-44-35)37(47-17-27(18-49)53-20-39(2,51)19-47)46-38(45-36)54-23-41-9-4-6-32(41)48(11-5-10-41)25-14-40(15-25)21-52-22-40;1-2/h7-8,12-13,16,25,27,32,49-51H,3-6,9-11,14-15,17-23H2,1-2H3;1-2H3. The molecule has 2 aliphatic carbocycles. The molecular weight excluding hydrogens is 720 g/mol. The Labute approximate surface area is 327 Å². The van der Waals surface area contributed by atoms with Crippen molar-refractivity contribution in [3.63, 3.8) is 0 Å². The summed E-state index contributed by atoms with van der Waals surface area (Å²) in [6.45, 7) is 10.7. The second-order valence-corrected chi connectivity index (χ2v) is 16.9. The van der Waals surface area contributed by atoms with Crippen LogP contribution in [0.3, 0.4) is 0 Å². The average molecular weight is 776 g/mol. The van der Waals surface area contributed by atoms with Crippen molar-refractivity contribution in [1.29, 1.82) is 0 Å². The van der Waals surface area contributed by atoms with Crippen LogP contribution < -0.4 is 9.64 Å². The van der Waals surface area contributed by atoms with Crippen molar-refractivity contribution in [2.75, 3.05) is 57.6 Å². The van der Waals surface area contributed by atoms with Gasteiger partial charge in [0.15, 0.2) is 5.82 Å². The highest BCUT2D eigenvalue weighted by Crippen LogP contribution is 2.55. The number of aliphatic hydroxyl groups is 2. The number of hydrogen-bond donors (Lipinski definition) is 3. The Morgan fingerprint density at radius 3 is 2.57 bits per heavy atom. The summed E-state index contributed by atoms with van der Waals surface area (Å²) >= 11 is 0. The summed E-state index contributed by atoms with van der Waals surface area (Å²) in [5, 5.41) is 33.4. The largest absolute Gasteiger partial charge is 0.508 e. The van der Waals surface area contributed by atoms with Crippen LogP contribution in [-0.2, 0) is 15.9 Å². The van der Waals surface area contributed by atoms with Gasteiger partial charge in [-0.05, 0) is 92.9 Å². The lowest BCUT2D eigenvalue weighted by Crippen LogP contribution is -2.64. The molecule has 4 aromatic rings. The molecule has 13 heteroatoms. The number of likely N-dealkylation sites (tertiary alicyclic amines) is 1. The van der Waals surface area contributed by atoms with Gasteiger partial charge in [-0.15, -0.1) is 0 Å². The zero-order chi connectivity index (χ0) is 39.4. The number of aromatic hydroxyl groups is 1. The molecule has 5 aliphatic rings. The van der Waals surface area contributed by atoms with Crippen LogP contribution in [-0.4, -0.2) is 112 Å². The van der Waals surface area contributed by atoms with Crippen LogP contribution in [0, 0.1) is 22.5 Å². The molecule has 4 atom stereocenters. The maximum atomic E-state index is 17.2. The molecule has 2 aromatic heterocycles. The number of halogens is 2. The van der Waals surface area contributed by atoms with E-state index in [0.717, 1.165) is 51.9 Å². The lowest BCUT2D eigenvalue weighted by molar-refractivity contribution is -0.196. The zero-order valence-corrected chi connectivity index (χ0v) is 33.0. The van der Waals surface area contributed by atoms with E-state index >= 15 is 8.78 Å². The number of pyridine rings is 1. The summed E-state index contributed by atoms with van der Waals surface area (Å²) in [6, 6.07) is 6.80. The number of nitrogens with zero attached hydrogens (tertiary/aromatic N) is 5. The molecule has 0 bridgehead atoms. The predicted octanol–water partition coefficient (Wildman–Crippen LogP) is 6.56. The first-order valence-corrected chi connectivity index (χ1v) is 20.5. The number of rotatable bonds is 8.